The molecule has 0 radical (unpaired) electrons. The van der Waals surface area contributed by atoms with E-state index < -0.39 is 0 Å². The van der Waals surface area contributed by atoms with Gasteiger partial charge in [0.2, 0.25) is 0 Å². The van der Waals surface area contributed by atoms with Crippen LogP contribution in [0.1, 0.15) is 6.92 Å². The van der Waals surface area contributed by atoms with Crippen molar-refractivity contribution in [1.82, 2.24) is 4.98 Å². The molecular weight excluding hydrogens is 194 g/mol. The summed E-state index contributed by atoms with van der Waals surface area (Å²) in [5.74, 6) is 0. The second kappa shape index (κ2) is 4.24. The van der Waals surface area contributed by atoms with E-state index in [9.17, 15) is 0 Å². The van der Waals surface area contributed by atoms with Crippen molar-refractivity contribution in [1.29, 1.82) is 0 Å². The lowest BCUT2D eigenvalue weighted by atomic mass is 10.3. The number of para-hydroxylation sites is 1. The van der Waals surface area contributed by atoms with Crippen LogP contribution in [-0.2, 0) is 0 Å². The van der Waals surface area contributed by atoms with E-state index >= 15 is 0 Å². The normalized spacial score (nSPS) is 11.2. The van der Waals surface area contributed by atoms with E-state index in [2.05, 4.69) is 11.1 Å². The summed E-state index contributed by atoms with van der Waals surface area (Å²) < 4.78 is 6.62. The van der Waals surface area contributed by atoms with Gasteiger partial charge in [-0.15, -0.1) is 0 Å². The molecule has 0 aliphatic carbocycles. The van der Waals surface area contributed by atoms with Gasteiger partial charge in [-0.1, -0.05) is 35.6 Å². The zero-order chi connectivity index (χ0) is 9.80. The summed E-state index contributed by atoms with van der Waals surface area (Å²) in [6.07, 6.45) is 3.93. The monoisotopic (exact) mass is 205 g/mol. The third kappa shape index (κ3) is 1.93. The predicted molar refractivity (Wildman–Crippen MR) is 59.9 cm³/mol. The third-order valence-electron chi connectivity index (χ3n) is 1.81. The van der Waals surface area contributed by atoms with E-state index in [0.717, 1.165) is 10.7 Å². The second-order valence-corrected chi connectivity index (χ2v) is 3.82. The first kappa shape index (κ1) is 9.21. The summed E-state index contributed by atoms with van der Waals surface area (Å²) in [6.45, 7) is 2.57. The van der Waals surface area contributed by atoms with Crippen LogP contribution in [0.5, 0.6) is 5.19 Å². The number of allylic oxidation sites excluding steroid dienone is 1. The van der Waals surface area contributed by atoms with Crippen molar-refractivity contribution < 1.29 is 4.74 Å². The van der Waals surface area contributed by atoms with Gasteiger partial charge in [0.25, 0.3) is 5.19 Å². The average molecular weight is 205 g/mol. The highest BCUT2D eigenvalue weighted by Crippen LogP contribution is 2.26. The van der Waals surface area contributed by atoms with Crippen LogP contribution in [0.4, 0.5) is 0 Å². The Hall–Kier alpha value is -1.35. The van der Waals surface area contributed by atoms with E-state index in [0.29, 0.717) is 6.61 Å². The number of rotatable bonds is 3. The number of hydrogen-bond donors (Lipinski definition) is 0. The Balaban J connectivity index is 2.18. The topological polar surface area (TPSA) is 22.1 Å². The van der Waals surface area contributed by atoms with E-state index in [1.807, 2.05) is 37.3 Å². The number of nitrogens with zero attached hydrogens (tertiary/aromatic N) is 1. The van der Waals surface area contributed by atoms with Gasteiger partial charge < -0.3 is 4.74 Å². The number of ether oxygens (including phenoxy) is 1. The summed E-state index contributed by atoms with van der Waals surface area (Å²) >= 11 is 1.58. The van der Waals surface area contributed by atoms with Gasteiger partial charge >= 0.3 is 0 Å². The van der Waals surface area contributed by atoms with Crippen LogP contribution in [0, 0.1) is 0 Å². The van der Waals surface area contributed by atoms with Crippen molar-refractivity contribution in [2.45, 2.75) is 6.92 Å². The van der Waals surface area contributed by atoms with Crippen molar-refractivity contribution in [3.8, 4) is 5.19 Å². The maximum Gasteiger partial charge on any atom is 0.274 e. The van der Waals surface area contributed by atoms with Crippen molar-refractivity contribution in [3.63, 3.8) is 0 Å². The molecule has 2 rings (SSSR count). The van der Waals surface area contributed by atoms with Gasteiger partial charge in [-0.05, 0) is 19.1 Å². The van der Waals surface area contributed by atoms with E-state index in [-0.39, 0.29) is 0 Å². The van der Waals surface area contributed by atoms with Gasteiger partial charge in [0.1, 0.15) is 6.61 Å². The molecule has 0 atom stereocenters. The molecular formula is C11H11NOS. The quantitative estimate of drug-likeness (QED) is 0.717. The van der Waals surface area contributed by atoms with Gasteiger partial charge in [-0.3, -0.25) is 0 Å². The molecule has 0 bridgehead atoms. The third-order valence-corrected chi connectivity index (χ3v) is 2.76. The SMILES string of the molecule is C/C=C/COc1nc2ccccc2s1. The first-order valence-corrected chi connectivity index (χ1v) is 5.31. The molecule has 1 aromatic carbocycles. The minimum Gasteiger partial charge on any atom is -0.466 e. The number of benzene rings is 1. The summed E-state index contributed by atoms with van der Waals surface area (Å²) in [6, 6.07) is 8.04. The van der Waals surface area contributed by atoms with E-state index in [4.69, 9.17) is 4.74 Å². The van der Waals surface area contributed by atoms with E-state index in [1.165, 1.54) is 4.70 Å². The van der Waals surface area contributed by atoms with Gasteiger partial charge in [-0.25, -0.2) is 4.98 Å². The van der Waals surface area contributed by atoms with Crippen LogP contribution in [0.25, 0.3) is 10.2 Å². The molecule has 0 spiro atoms. The maximum atomic E-state index is 5.45. The molecule has 0 saturated heterocycles. The summed E-state index contributed by atoms with van der Waals surface area (Å²) in [5.41, 5.74) is 1.01. The van der Waals surface area contributed by atoms with Crippen molar-refractivity contribution in [3.05, 3.63) is 36.4 Å². The van der Waals surface area contributed by atoms with Gasteiger partial charge in [0.15, 0.2) is 0 Å². The highest BCUT2D eigenvalue weighted by molar-refractivity contribution is 7.20. The largest absolute Gasteiger partial charge is 0.466 e. The van der Waals surface area contributed by atoms with E-state index in [1.54, 1.807) is 11.3 Å². The highest BCUT2D eigenvalue weighted by atomic mass is 32.1. The fourth-order valence-electron chi connectivity index (χ4n) is 1.13. The molecule has 0 unspecified atom stereocenters. The lowest BCUT2D eigenvalue weighted by Crippen LogP contribution is -1.91. The fourth-order valence-corrected chi connectivity index (χ4v) is 1.95. The minimum absolute atomic E-state index is 0.594. The average Bonchev–Trinajstić information content (AvgIpc) is 2.60. The lowest BCUT2D eigenvalue weighted by Gasteiger charge is -1.94. The van der Waals surface area contributed by atoms with Crippen LogP contribution in [0.15, 0.2) is 36.4 Å². The molecule has 0 aliphatic heterocycles. The standard InChI is InChI=1S/C11H11NOS/c1-2-3-8-13-11-12-9-6-4-5-7-10(9)14-11/h2-7H,8H2,1H3/b3-2+. The highest BCUT2D eigenvalue weighted by Gasteiger charge is 2.01. The molecule has 0 fully saturated rings. The van der Waals surface area contributed by atoms with Crippen LogP contribution >= 0.6 is 11.3 Å². The molecule has 0 aliphatic rings. The predicted octanol–water partition coefficient (Wildman–Crippen LogP) is 3.25. The first-order chi connectivity index (χ1) is 6.90. The molecule has 1 heterocycles. The van der Waals surface area contributed by atoms with Crippen molar-refractivity contribution in [2.75, 3.05) is 6.61 Å². The number of aromatic nitrogens is 1. The van der Waals surface area contributed by atoms with Crippen LogP contribution in [0.3, 0.4) is 0 Å². The first-order valence-electron chi connectivity index (χ1n) is 4.49. The summed E-state index contributed by atoms with van der Waals surface area (Å²) in [4.78, 5) is 4.35. The molecule has 0 N–H and O–H groups in total. The molecule has 14 heavy (non-hydrogen) atoms. The molecule has 0 saturated carbocycles. The lowest BCUT2D eigenvalue weighted by molar-refractivity contribution is 0.361. The Morgan fingerprint density at radius 1 is 1.43 bits per heavy atom. The number of fused-ring (bicyclic) bond motifs is 1. The molecule has 0 amide bonds. The van der Waals surface area contributed by atoms with Crippen LogP contribution in [-0.4, -0.2) is 11.6 Å². The molecule has 2 nitrogen and oxygen atoms in total. The van der Waals surface area contributed by atoms with Gasteiger partial charge in [-0.2, -0.15) is 0 Å². The summed E-state index contributed by atoms with van der Waals surface area (Å²) in [5, 5.41) is 0.740. The molecule has 2 aromatic rings. The second-order valence-electron chi connectivity index (χ2n) is 2.83. The van der Waals surface area contributed by atoms with Gasteiger partial charge in [0, 0.05) is 0 Å². The molecule has 72 valence electrons. The zero-order valence-electron chi connectivity index (χ0n) is 7.93. The number of thiazole rings is 1. The Kier molecular flexibility index (Phi) is 2.79. The fraction of sp³-hybridized carbons (Fsp3) is 0.182. The maximum absolute atomic E-state index is 5.45. The Labute approximate surface area is 86.9 Å². The van der Waals surface area contributed by atoms with Gasteiger partial charge in [0.05, 0.1) is 10.2 Å². The number of hydrogen-bond acceptors (Lipinski definition) is 3. The summed E-state index contributed by atoms with van der Waals surface area (Å²) in [7, 11) is 0. The minimum atomic E-state index is 0.594. The smallest absolute Gasteiger partial charge is 0.274 e. The molecule has 3 heteroatoms. The van der Waals surface area contributed by atoms with Crippen LogP contribution in [0.2, 0.25) is 0 Å². The van der Waals surface area contributed by atoms with Crippen molar-refractivity contribution >= 4 is 21.6 Å². The molecule has 1 aromatic heterocycles. The Bertz CT molecular complexity index is 414. The zero-order valence-corrected chi connectivity index (χ0v) is 8.75. The van der Waals surface area contributed by atoms with Crippen LogP contribution < -0.4 is 4.74 Å². The Morgan fingerprint density at radius 2 is 2.29 bits per heavy atom. The Morgan fingerprint density at radius 3 is 3.07 bits per heavy atom. The van der Waals surface area contributed by atoms with Crippen molar-refractivity contribution in [2.24, 2.45) is 0 Å².